The third kappa shape index (κ3) is 5.70. The number of hydrogen-bond acceptors (Lipinski definition) is 4. The van der Waals surface area contributed by atoms with Gasteiger partial charge in [-0.15, -0.1) is 12.4 Å². The van der Waals surface area contributed by atoms with E-state index < -0.39 is 6.10 Å². The molecule has 1 aromatic rings. The highest BCUT2D eigenvalue weighted by atomic mass is 35.5. The summed E-state index contributed by atoms with van der Waals surface area (Å²) in [5.41, 5.74) is 1.18. The van der Waals surface area contributed by atoms with Crippen LogP contribution in [0.4, 0.5) is 0 Å². The summed E-state index contributed by atoms with van der Waals surface area (Å²) in [6.45, 7) is 3.21. The molecular weight excluding hydrogens is 342 g/mol. The summed E-state index contributed by atoms with van der Waals surface area (Å²) in [7, 11) is 0. The molecule has 2 unspecified atom stereocenters. The van der Waals surface area contributed by atoms with Crippen molar-refractivity contribution in [2.45, 2.75) is 31.4 Å². The molecule has 2 fully saturated rings. The molecule has 0 spiro atoms. The maximum atomic E-state index is 12.3. The lowest BCUT2D eigenvalue weighted by molar-refractivity contribution is -0.135. The number of halogens is 1. The fourth-order valence-electron chi connectivity index (χ4n) is 3.19. The van der Waals surface area contributed by atoms with Crippen LogP contribution in [0, 0.1) is 0 Å². The van der Waals surface area contributed by atoms with Gasteiger partial charge in [-0.3, -0.25) is 9.59 Å². The number of aryl methyl sites for hydroxylation is 1. The van der Waals surface area contributed by atoms with E-state index in [0.29, 0.717) is 32.7 Å². The Morgan fingerprint density at radius 3 is 2.80 bits per heavy atom. The Kier molecular flexibility index (Phi) is 7.68. The molecule has 2 aliphatic heterocycles. The van der Waals surface area contributed by atoms with Crippen molar-refractivity contribution < 1.29 is 14.3 Å². The van der Waals surface area contributed by atoms with Crippen molar-refractivity contribution >= 4 is 24.2 Å². The lowest BCUT2D eigenvalue weighted by atomic mass is 10.1. The van der Waals surface area contributed by atoms with Gasteiger partial charge in [-0.05, 0) is 18.4 Å². The molecule has 0 radical (unpaired) electrons. The minimum atomic E-state index is -0.415. The predicted octanol–water partition coefficient (Wildman–Crippen LogP) is 0.746. The van der Waals surface area contributed by atoms with Crippen molar-refractivity contribution in [3.8, 4) is 0 Å². The van der Waals surface area contributed by atoms with Crippen LogP contribution in [0.3, 0.4) is 0 Å². The van der Waals surface area contributed by atoms with Gasteiger partial charge >= 0.3 is 0 Å². The number of hydrogen-bond donors (Lipinski definition) is 2. The number of nitrogens with one attached hydrogen (secondary N) is 2. The number of nitrogens with zero attached hydrogens (tertiary/aromatic N) is 1. The summed E-state index contributed by atoms with van der Waals surface area (Å²) in [5, 5.41) is 6.16. The first-order chi connectivity index (χ1) is 11.7. The molecule has 3 rings (SSSR count). The molecule has 0 bridgehead atoms. The van der Waals surface area contributed by atoms with Gasteiger partial charge in [0.2, 0.25) is 5.91 Å². The third-order valence-corrected chi connectivity index (χ3v) is 4.58. The van der Waals surface area contributed by atoms with Crippen molar-refractivity contribution in [2.24, 2.45) is 0 Å². The standard InChI is InChI=1S/C18H25N3O3.ClH/c22-17(7-6-14-4-2-1-3-5-14)21-10-8-15(13-21)20-18(23)16-12-19-9-11-24-16;/h1-5,15-16,19H,6-13H2,(H,20,23);1H. The van der Waals surface area contributed by atoms with Crippen LogP contribution in [0.2, 0.25) is 0 Å². The molecule has 2 amide bonds. The van der Waals surface area contributed by atoms with Crippen molar-refractivity contribution in [3.63, 3.8) is 0 Å². The molecule has 2 N–H and O–H groups in total. The van der Waals surface area contributed by atoms with E-state index in [1.54, 1.807) is 0 Å². The molecule has 0 aliphatic carbocycles. The summed E-state index contributed by atoms with van der Waals surface area (Å²) in [4.78, 5) is 26.3. The van der Waals surface area contributed by atoms with Crippen LogP contribution < -0.4 is 10.6 Å². The molecule has 6 nitrogen and oxygen atoms in total. The SMILES string of the molecule is Cl.O=C(NC1CCN(C(=O)CCc2ccccc2)C1)C1CNCCO1. The summed E-state index contributed by atoms with van der Waals surface area (Å²) < 4.78 is 5.46. The van der Waals surface area contributed by atoms with Gasteiger partial charge in [0, 0.05) is 38.6 Å². The highest BCUT2D eigenvalue weighted by molar-refractivity contribution is 5.85. The largest absolute Gasteiger partial charge is 0.366 e. The second-order valence-corrected chi connectivity index (χ2v) is 6.38. The first-order valence-corrected chi connectivity index (χ1v) is 8.67. The maximum absolute atomic E-state index is 12.3. The number of carbonyl (C=O) groups is 2. The summed E-state index contributed by atoms with van der Waals surface area (Å²) >= 11 is 0. The van der Waals surface area contributed by atoms with E-state index in [1.807, 2.05) is 35.2 Å². The Balaban J connectivity index is 0.00000225. The molecule has 1 aromatic carbocycles. The minimum absolute atomic E-state index is 0. The third-order valence-electron chi connectivity index (χ3n) is 4.58. The number of morpholine rings is 1. The Morgan fingerprint density at radius 2 is 2.08 bits per heavy atom. The van der Waals surface area contributed by atoms with Crippen LogP contribution in [0.5, 0.6) is 0 Å². The monoisotopic (exact) mass is 367 g/mol. The van der Waals surface area contributed by atoms with Gasteiger partial charge < -0.3 is 20.3 Å². The first kappa shape index (κ1) is 19.7. The summed E-state index contributed by atoms with van der Waals surface area (Å²) in [6, 6.07) is 10.1. The predicted molar refractivity (Wildman–Crippen MR) is 97.7 cm³/mol. The molecule has 0 aromatic heterocycles. The van der Waals surface area contributed by atoms with Crippen LogP contribution in [0.15, 0.2) is 30.3 Å². The molecule has 138 valence electrons. The maximum Gasteiger partial charge on any atom is 0.250 e. The highest BCUT2D eigenvalue weighted by Crippen LogP contribution is 2.13. The second-order valence-electron chi connectivity index (χ2n) is 6.38. The lowest BCUT2D eigenvalue weighted by Gasteiger charge is -2.24. The average molecular weight is 368 g/mol. The zero-order valence-corrected chi connectivity index (χ0v) is 15.1. The van der Waals surface area contributed by atoms with E-state index in [9.17, 15) is 9.59 Å². The summed E-state index contributed by atoms with van der Waals surface area (Å²) in [5.74, 6) is 0.0805. The molecule has 0 saturated carbocycles. The lowest BCUT2D eigenvalue weighted by Crippen LogP contribution is -2.50. The number of amides is 2. The number of carbonyl (C=O) groups excluding carboxylic acids is 2. The van der Waals surface area contributed by atoms with Crippen LogP contribution in [-0.2, 0) is 20.7 Å². The zero-order chi connectivity index (χ0) is 16.8. The van der Waals surface area contributed by atoms with Gasteiger partial charge in [-0.2, -0.15) is 0 Å². The zero-order valence-electron chi connectivity index (χ0n) is 14.3. The van der Waals surface area contributed by atoms with E-state index >= 15 is 0 Å². The average Bonchev–Trinajstić information content (AvgIpc) is 3.10. The first-order valence-electron chi connectivity index (χ1n) is 8.67. The van der Waals surface area contributed by atoms with Gasteiger partial charge in [0.05, 0.1) is 6.61 Å². The molecule has 2 aliphatic rings. The quantitative estimate of drug-likeness (QED) is 0.805. The van der Waals surface area contributed by atoms with E-state index in [4.69, 9.17) is 4.74 Å². The number of rotatable bonds is 5. The normalized spacial score (nSPS) is 23.0. The van der Waals surface area contributed by atoms with Crippen molar-refractivity contribution in [1.29, 1.82) is 0 Å². The van der Waals surface area contributed by atoms with Gasteiger partial charge in [-0.25, -0.2) is 0 Å². The Labute approximate surface area is 154 Å². The Morgan fingerprint density at radius 1 is 1.28 bits per heavy atom. The number of likely N-dealkylation sites (tertiary alicyclic amines) is 1. The van der Waals surface area contributed by atoms with E-state index in [2.05, 4.69) is 10.6 Å². The molecular formula is C18H26ClN3O3. The van der Waals surface area contributed by atoms with Crippen LogP contribution in [0.1, 0.15) is 18.4 Å². The highest BCUT2D eigenvalue weighted by Gasteiger charge is 2.30. The molecule has 2 heterocycles. The topological polar surface area (TPSA) is 70.7 Å². The molecule has 2 saturated heterocycles. The van der Waals surface area contributed by atoms with Gasteiger partial charge in [0.1, 0.15) is 6.10 Å². The number of benzene rings is 1. The molecule has 2 atom stereocenters. The summed E-state index contributed by atoms with van der Waals surface area (Å²) in [6.07, 6.45) is 1.67. The smallest absolute Gasteiger partial charge is 0.250 e. The van der Waals surface area contributed by atoms with E-state index in [-0.39, 0.29) is 30.3 Å². The van der Waals surface area contributed by atoms with Gasteiger partial charge in [0.15, 0.2) is 0 Å². The van der Waals surface area contributed by atoms with Gasteiger partial charge in [0.25, 0.3) is 5.91 Å². The molecule has 25 heavy (non-hydrogen) atoms. The minimum Gasteiger partial charge on any atom is -0.366 e. The van der Waals surface area contributed by atoms with Gasteiger partial charge in [-0.1, -0.05) is 30.3 Å². The van der Waals surface area contributed by atoms with Crippen molar-refractivity contribution in [3.05, 3.63) is 35.9 Å². The Hall–Kier alpha value is -1.63. The molecule has 7 heteroatoms. The van der Waals surface area contributed by atoms with Crippen molar-refractivity contribution in [1.82, 2.24) is 15.5 Å². The van der Waals surface area contributed by atoms with E-state index in [0.717, 1.165) is 19.4 Å². The van der Waals surface area contributed by atoms with Crippen molar-refractivity contribution in [2.75, 3.05) is 32.8 Å². The number of ether oxygens (including phenoxy) is 1. The van der Waals surface area contributed by atoms with Crippen LogP contribution >= 0.6 is 12.4 Å². The van der Waals surface area contributed by atoms with Crippen LogP contribution in [0.25, 0.3) is 0 Å². The Bertz CT molecular complexity index is 564. The van der Waals surface area contributed by atoms with Crippen LogP contribution in [-0.4, -0.2) is 61.6 Å². The fraction of sp³-hybridized carbons (Fsp3) is 0.556. The fourth-order valence-corrected chi connectivity index (χ4v) is 3.19. The van der Waals surface area contributed by atoms with E-state index in [1.165, 1.54) is 5.56 Å². The second kappa shape index (κ2) is 9.75.